The predicted octanol–water partition coefficient (Wildman–Crippen LogP) is 2.99. The topological polar surface area (TPSA) is 51.9 Å². The average Bonchev–Trinajstić information content (AvgIpc) is 2.99. The Bertz CT molecular complexity index is 666. The standard InChI is InChI=1S/C17H26N4O/c1-7-21-12(4)10-14(13(21)5)17(22)19-15(11(2)3)16-18-8-9-20(16)6/h8-11,15H,7H2,1-6H3,(H,19,22). The highest BCUT2D eigenvalue weighted by molar-refractivity contribution is 5.96. The van der Waals surface area contributed by atoms with Gasteiger partial charge in [-0.05, 0) is 32.8 Å². The van der Waals surface area contributed by atoms with E-state index in [4.69, 9.17) is 0 Å². The van der Waals surface area contributed by atoms with Gasteiger partial charge in [0, 0.05) is 37.4 Å². The molecule has 0 spiro atoms. The fourth-order valence-corrected chi connectivity index (χ4v) is 2.94. The van der Waals surface area contributed by atoms with Crippen LogP contribution in [0.4, 0.5) is 0 Å². The molecule has 1 unspecified atom stereocenters. The van der Waals surface area contributed by atoms with Crippen LogP contribution in [0.2, 0.25) is 0 Å². The van der Waals surface area contributed by atoms with E-state index in [1.54, 1.807) is 6.20 Å². The third kappa shape index (κ3) is 2.93. The van der Waals surface area contributed by atoms with Gasteiger partial charge in [0.15, 0.2) is 0 Å². The van der Waals surface area contributed by atoms with E-state index in [9.17, 15) is 4.79 Å². The second kappa shape index (κ2) is 6.38. The monoisotopic (exact) mass is 302 g/mol. The van der Waals surface area contributed by atoms with E-state index in [1.165, 1.54) is 0 Å². The maximum absolute atomic E-state index is 12.7. The first-order chi connectivity index (χ1) is 10.4. The van der Waals surface area contributed by atoms with Crippen molar-refractivity contribution in [1.82, 2.24) is 19.4 Å². The number of hydrogen-bond acceptors (Lipinski definition) is 2. The first-order valence-electron chi connectivity index (χ1n) is 7.81. The number of aromatic nitrogens is 3. The summed E-state index contributed by atoms with van der Waals surface area (Å²) in [6, 6.07) is 1.86. The molecule has 2 heterocycles. The first-order valence-corrected chi connectivity index (χ1v) is 7.81. The van der Waals surface area contributed by atoms with Crippen molar-refractivity contribution in [1.29, 1.82) is 0 Å². The highest BCUT2D eigenvalue weighted by Gasteiger charge is 2.24. The molecule has 0 bridgehead atoms. The number of nitrogens with zero attached hydrogens (tertiary/aromatic N) is 3. The second-order valence-electron chi connectivity index (χ2n) is 6.12. The lowest BCUT2D eigenvalue weighted by molar-refractivity contribution is 0.0921. The fourth-order valence-electron chi connectivity index (χ4n) is 2.94. The molecular formula is C17H26N4O. The van der Waals surface area contributed by atoms with Gasteiger partial charge in [-0.25, -0.2) is 4.98 Å². The number of carbonyl (C=O) groups is 1. The van der Waals surface area contributed by atoms with E-state index >= 15 is 0 Å². The molecule has 1 atom stereocenters. The summed E-state index contributed by atoms with van der Waals surface area (Å²) >= 11 is 0. The molecule has 1 amide bonds. The molecule has 0 aliphatic carbocycles. The van der Waals surface area contributed by atoms with Gasteiger partial charge in [0.1, 0.15) is 5.82 Å². The largest absolute Gasteiger partial charge is 0.349 e. The van der Waals surface area contributed by atoms with Gasteiger partial charge in [0.05, 0.1) is 11.6 Å². The maximum atomic E-state index is 12.7. The Morgan fingerprint density at radius 2 is 2.05 bits per heavy atom. The summed E-state index contributed by atoms with van der Waals surface area (Å²) in [4.78, 5) is 17.1. The number of nitrogens with one attached hydrogen (secondary N) is 1. The Kier molecular flexibility index (Phi) is 4.74. The molecule has 0 saturated heterocycles. The van der Waals surface area contributed by atoms with Gasteiger partial charge >= 0.3 is 0 Å². The van der Waals surface area contributed by atoms with Gasteiger partial charge in [0.25, 0.3) is 5.91 Å². The summed E-state index contributed by atoms with van der Waals surface area (Å²) < 4.78 is 4.11. The Balaban J connectivity index is 2.28. The average molecular weight is 302 g/mol. The van der Waals surface area contributed by atoms with Crippen molar-refractivity contribution in [3.63, 3.8) is 0 Å². The van der Waals surface area contributed by atoms with Gasteiger partial charge < -0.3 is 14.5 Å². The molecule has 0 saturated carbocycles. The van der Waals surface area contributed by atoms with Crippen LogP contribution < -0.4 is 5.32 Å². The summed E-state index contributed by atoms with van der Waals surface area (Å²) in [6.07, 6.45) is 3.67. The summed E-state index contributed by atoms with van der Waals surface area (Å²) in [6.45, 7) is 11.2. The lowest BCUT2D eigenvalue weighted by atomic mass is 10.0. The van der Waals surface area contributed by atoms with Crippen LogP contribution in [0.25, 0.3) is 0 Å². The third-order valence-corrected chi connectivity index (χ3v) is 4.22. The minimum atomic E-state index is -0.0998. The molecule has 1 N–H and O–H groups in total. The molecule has 2 rings (SSSR count). The van der Waals surface area contributed by atoms with Crippen molar-refractivity contribution < 1.29 is 4.79 Å². The van der Waals surface area contributed by atoms with Crippen LogP contribution in [0.15, 0.2) is 18.5 Å². The summed E-state index contributed by atoms with van der Waals surface area (Å²) in [7, 11) is 1.95. The minimum Gasteiger partial charge on any atom is -0.349 e. The maximum Gasteiger partial charge on any atom is 0.253 e. The van der Waals surface area contributed by atoms with E-state index in [0.29, 0.717) is 0 Å². The predicted molar refractivity (Wildman–Crippen MR) is 87.8 cm³/mol. The summed E-state index contributed by atoms with van der Waals surface area (Å²) in [5, 5.41) is 3.15. The molecule has 5 heteroatoms. The Labute approximate surface area is 132 Å². The van der Waals surface area contributed by atoms with Crippen LogP contribution in [0.3, 0.4) is 0 Å². The van der Waals surface area contributed by atoms with Crippen LogP contribution in [0, 0.1) is 19.8 Å². The first kappa shape index (κ1) is 16.3. The van der Waals surface area contributed by atoms with Crippen LogP contribution in [-0.2, 0) is 13.6 Å². The highest BCUT2D eigenvalue weighted by Crippen LogP contribution is 2.22. The molecule has 22 heavy (non-hydrogen) atoms. The Morgan fingerprint density at radius 1 is 1.36 bits per heavy atom. The Hall–Kier alpha value is -2.04. The van der Waals surface area contributed by atoms with E-state index in [0.717, 1.165) is 29.3 Å². The molecular weight excluding hydrogens is 276 g/mol. The SMILES string of the molecule is CCn1c(C)cc(C(=O)NC(c2nccn2C)C(C)C)c1C. The highest BCUT2D eigenvalue weighted by atomic mass is 16.1. The van der Waals surface area contributed by atoms with Crippen LogP contribution in [0.1, 0.15) is 54.4 Å². The normalized spacial score (nSPS) is 12.7. The van der Waals surface area contributed by atoms with Gasteiger partial charge in [-0.15, -0.1) is 0 Å². The number of carbonyl (C=O) groups excluding carboxylic acids is 1. The smallest absolute Gasteiger partial charge is 0.253 e. The van der Waals surface area contributed by atoms with Gasteiger partial charge in [-0.3, -0.25) is 4.79 Å². The molecule has 5 nitrogen and oxygen atoms in total. The molecule has 0 radical (unpaired) electrons. The molecule has 2 aromatic heterocycles. The van der Waals surface area contributed by atoms with E-state index in [-0.39, 0.29) is 17.9 Å². The summed E-state index contributed by atoms with van der Waals surface area (Å²) in [5.74, 6) is 1.11. The molecule has 2 aromatic rings. The van der Waals surface area contributed by atoms with Crippen LogP contribution in [0.5, 0.6) is 0 Å². The fraction of sp³-hybridized carbons (Fsp3) is 0.529. The van der Waals surface area contributed by atoms with E-state index in [2.05, 4.69) is 35.6 Å². The van der Waals surface area contributed by atoms with Crippen molar-refractivity contribution in [2.45, 2.75) is 47.2 Å². The number of amides is 1. The molecule has 0 aromatic carbocycles. The van der Waals surface area contributed by atoms with Gasteiger partial charge in [-0.1, -0.05) is 13.8 Å². The Morgan fingerprint density at radius 3 is 2.50 bits per heavy atom. The van der Waals surface area contributed by atoms with Crippen molar-refractivity contribution in [2.24, 2.45) is 13.0 Å². The van der Waals surface area contributed by atoms with Crippen LogP contribution in [-0.4, -0.2) is 20.0 Å². The quantitative estimate of drug-likeness (QED) is 0.923. The summed E-state index contributed by atoms with van der Waals surface area (Å²) in [5.41, 5.74) is 2.88. The second-order valence-corrected chi connectivity index (χ2v) is 6.12. The zero-order valence-corrected chi connectivity index (χ0v) is 14.3. The zero-order chi connectivity index (χ0) is 16.4. The number of imidazole rings is 1. The number of hydrogen-bond donors (Lipinski definition) is 1. The van der Waals surface area contributed by atoms with Crippen molar-refractivity contribution in [2.75, 3.05) is 0 Å². The lowest BCUT2D eigenvalue weighted by Gasteiger charge is -2.22. The number of aryl methyl sites for hydroxylation is 2. The van der Waals surface area contributed by atoms with Crippen molar-refractivity contribution in [3.05, 3.63) is 41.2 Å². The lowest BCUT2D eigenvalue weighted by Crippen LogP contribution is -2.33. The third-order valence-electron chi connectivity index (χ3n) is 4.22. The number of rotatable bonds is 5. The van der Waals surface area contributed by atoms with Crippen molar-refractivity contribution >= 4 is 5.91 Å². The molecule has 0 fully saturated rings. The van der Waals surface area contributed by atoms with Gasteiger partial charge in [-0.2, -0.15) is 0 Å². The van der Waals surface area contributed by atoms with Gasteiger partial charge in [0.2, 0.25) is 0 Å². The molecule has 120 valence electrons. The molecule has 0 aliphatic rings. The van der Waals surface area contributed by atoms with Crippen molar-refractivity contribution in [3.8, 4) is 0 Å². The van der Waals surface area contributed by atoms with E-state index in [1.807, 2.05) is 37.7 Å². The van der Waals surface area contributed by atoms with Crippen LogP contribution >= 0.6 is 0 Å². The van der Waals surface area contributed by atoms with E-state index < -0.39 is 0 Å². The zero-order valence-electron chi connectivity index (χ0n) is 14.3. The minimum absolute atomic E-state index is 0.0329. The molecule has 0 aliphatic heterocycles.